The number of para-hydroxylation sites is 1. The van der Waals surface area contributed by atoms with Crippen LogP contribution < -0.4 is 19.8 Å². The second-order valence-electron chi connectivity index (χ2n) is 8.72. The van der Waals surface area contributed by atoms with Gasteiger partial charge >= 0.3 is 11.7 Å². The Morgan fingerprint density at radius 2 is 1.85 bits per heavy atom. The summed E-state index contributed by atoms with van der Waals surface area (Å²) >= 11 is 0. The van der Waals surface area contributed by atoms with Gasteiger partial charge in [0.15, 0.2) is 17.6 Å². The predicted molar refractivity (Wildman–Crippen MR) is 148 cm³/mol. The van der Waals surface area contributed by atoms with Crippen LogP contribution in [0.25, 0.3) is 33.5 Å². The van der Waals surface area contributed by atoms with Crippen LogP contribution in [0, 0.1) is 10.1 Å². The lowest BCUT2D eigenvalue weighted by atomic mass is 10.1. The summed E-state index contributed by atoms with van der Waals surface area (Å²) in [6.07, 6.45) is -0.167. The zero-order chi connectivity index (χ0) is 29.3. The quantitative estimate of drug-likeness (QED) is 0.155. The Hall–Kier alpha value is -5.72. The molecule has 2 heterocycles. The first kappa shape index (κ1) is 26.9. The SMILES string of the molecule is COc1cc(C=Nn2c(-c3cc4c(OC)cccc4o3)nc3ccccc3c2=O)cc([N+](=O)[O-])c1O[C@H](C)C(=O)O. The molecule has 0 spiro atoms. The monoisotopic (exact) mass is 558 g/mol. The summed E-state index contributed by atoms with van der Waals surface area (Å²) in [6, 6.07) is 16.2. The second kappa shape index (κ2) is 10.8. The number of methoxy groups -OCH3 is 2. The number of nitro groups is 1. The minimum absolute atomic E-state index is 0.0832. The van der Waals surface area contributed by atoms with Crippen molar-refractivity contribution < 1.29 is 33.5 Å². The molecule has 1 atom stereocenters. The van der Waals surface area contributed by atoms with Crippen LogP contribution in [0.2, 0.25) is 0 Å². The molecule has 0 saturated carbocycles. The van der Waals surface area contributed by atoms with Crippen molar-refractivity contribution in [2.45, 2.75) is 13.0 Å². The molecular weight excluding hydrogens is 536 g/mol. The first-order valence-corrected chi connectivity index (χ1v) is 12.1. The Kier molecular flexibility index (Phi) is 7.08. The van der Waals surface area contributed by atoms with E-state index in [-0.39, 0.29) is 34.0 Å². The van der Waals surface area contributed by atoms with Crippen LogP contribution in [-0.2, 0) is 4.79 Å². The third-order valence-electron chi connectivity index (χ3n) is 6.15. The standard InChI is InChI=1S/C28H22N4O9/c1-15(28(34)35)40-25-20(32(36)37)11-16(12-23(25)39-3)14-29-31-26(30-19-8-5-4-7-17(19)27(31)33)24-13-18-21(38-2)9-6-10-22(18)41-24/h4-15H,1-3H3,(H,34,35)/t15-/m1/s1. The van der Waals surface area contributed by atoms with Gasteiger partial charge in [0.25, 0.3) is 5.56 Å². The molecule has 3 aromatic carbocycles. The lowest BCUT2D eigenvalue weighted by molar-refractivity contribution is -0.386. The summed E-state index contributed by atoms with van der Waals surface area (Å²) < 4.78 is 23.0. The predicted octanol–water partition coefficient (Wildman–Crippen LogP) is 4.47. The van der Waals surface area contributed by atoms with E-state index < -0.39 is 28.2 Å². The normalized spacial score (nSPS) is 12.1. The van der Waals surface area contributed by atoms with Crippen LogP contribution >= 0.6 is 0 Å². The van der Waals surface area contributed by atoms with E-state index in [1.807, 2.05) is 0 Å². The van der Waals surface area contributed by atoms with Crippen LogP contribution in [0.3, 0.4) is 0 Å². The molecule has 0 unspecified atom stereocenters. The molecule has 1 N–H and O–H groups in total. The first-order chi connectivity index (χ1) is 19.7. The highest BCUT2D eigenvalue weighted by atomic mass is 16.6. The van der Waals surface area contributed by atoms with E-state index in [9.17, 15) is 24.8 Å². The molecule has 5 rings (SSSR count). The number of aliphatic carboxylic acids is 1. The van der Waals surface area contributed by atoms with Gasteiger partial charge in [-0.3, -0.25) is 14.9 Å². The largest absolute Gasteiger partial charge is 0.496 e. The number of aromatic nitrogens is 2. The molecule has 0 fully saturated rings. The van der Waals surface area contributed by atoms with Crippen molar-refractivity contribution in [3.63, 3.8) is 0 Å². The highest BCUT2D eigenvalue weighted by molar-refractivity contribution is 5.89. The molecule has 13 heteroatoms. The Bertz CT molecular complexity index is 1910. The van der Waals surface area contributed by atoms with E-state index in [2.05, 4.69) is 10.1 Å². The van der Waals surface area contributed by atoms with E-state index in [0.29, 0.717) is 22.2 Å². The number of furan rings is 1. The molecule has 0 amide bonds. The maximum atomic E-state index is 13.6. The van der Waals surface area contributed by atoms with Crippen molar-refractivity contribution in [2.24, 2.45) is 5.10 Å². The molecule has 41 heavy (non-hydrogen) atoms. The number of nitrogens with zero attached hydrogens (tertiary/aromatic N) is 4. The first-order valence-electron chi connectivity index (χ1n) is 12.1. The number of nitro benzene ring substituents is 1. The Labute approximate surface area is 231 Å². The van der Waals surface area contributed by atoms with Gasteiger partial charge in [-0.1, -0.05) is 18.2 Å². The lowest BCUT2D eigenvalue weighted by Crippen LogP contribution is -2.23. The van der Waals surface area contributed by atoms with Crippen LogP contribution in [0.4, 0.5) is 5.69 Å². The Balaban J connectivity index is 1.68. The molecular formula is C28H22N4O9. The van der Waals surface area contributed by atoms with E-state index in [4.69, 9.17) is 18.6 Å². The van der Waals surface area contributed by atoms with Gasteiger partial charge in [0.2, 0.25) is 11.6 Å². The molecule has 13 nitrogen and oxygen atoms in total. The number of carboxylic acid groups (broad SMARTS) is 1. The number of benzene rings is 3. The van der Waals surface area contributed by atoms with Gasteiger partial charge in [-0.2, -0.15) is 9.78 Å². The zero-order valence-electron chi connectivity index (χ0n) is 21.9. The van der Waals surface area contributed by atoms with Crippen LogP contribution in [0.5, 0.6) is 17.2 Å². The summed E-state index contributed by atoms with van der Waals surface area (Å²) in [4.78, 5) is 40.5. The summed E-state index contributed by atoms with van der Waals surface area (Å²) in [5, 5.41) is 26.3. The molecule has 0 radical (unpaired) electrons. The molecule has 0 saturated heterocycles. The van der Waals surface area contributed by atoms with Crippen molar-refractivity contribution >= 4 is 39.7 Å². The van der Waals surface area contributed by atoms with Crippen LogP contribution in [0.1, 0.15) is 12.5 Å². The Morgan fingerprint density at radius 3 is 2.56 bits per heavy atom. The fourth-order valence-corrected chi connectivity index (χ4v) is 4.15. The van der Waals surface area contributed by atoms with Crippen molar-refractivity contribution in [2.75, 3.05) is 14.2 Å². The molecule has 0 aliphatic rings. The fourth-order valence-electron chi connectivity index (χ4n) is 4.15. The summed E-state index contributed by atoms with van der Waals surface area (Å²) in [5.41, 5.74) is 0.0289. The molecule has 2 aromatic heterocycles. The number of hydrogen-bond acceptors (Lipinski definition) is 10. The summed E-state index contributed by atoms with van der Waals surface area (Å²) in [6.45, 7) is 1.23. The molecule has 5 aromatic rings. The number of ether oxygens (including phenoxy) is 3. The van der Waals surface area contributed by atoms with Gasteiger partial charge in [0, 0.05) is 11.6 Å². The maximum absolute atomic E-state index is 13.6. The van der Waals surface area contributed by atoms with E-state index >= 15 is 0 Å². The summed E-state index contributed by atoms with van der Waals surface area (Å²) in [7, 11) is 2.78. The second-order valence-corrected chi connectivity index (χ2v) is 8.72. The maximum Gasteiger partial charge on any atom is 0.344 e. The third-order valence-corrected chi connectivity index (χ3v) is 6.15. The minimum atomic E-state index is -1.38. The van der Waals surface area contributed by atoms with Crippen LogP contribution in [-0.4, -0.2) is 52.2 Å². The van der Waals surface area contributed by atoms with Crippen molar-refractivity contribution in [1.82, 2.24) is 9.66 Å². The number of carboxylic acids is 1. The van der Waals surface area contributed by atoms with E-state index in [0.717, 1.165) is 10.7 Å². The number of hydrogen-bond donors (Lipinski definition) is 1. The molecule has 208 valence electrons. The molecule has 0 bridgehead atoms. The minimum Gasteiger partial charge on any atom is -0.496 e. The number of fused-ring (bicyclic) bond motifs is 2. The molecule has 0 aliphatic carbocycles. The molecule has 0 aliphatic heterocycles. The smallest absolute Gasteiger partial charge is 0.344 e. The number of carbonyl (C=O) groups is 1. The van der Waals surface area contributed by atoms with Gasteiger partial charge in [0.05, 0.1) is 41.6 Å². The fraction of sp³-hybridized carbons (Fsp3) is 0.143. The van der Waals surface area contributed by atoms with Crippen molar-refractivity contribution in [3.05, 3.63) is 86.7 Å². The van der Waals surface area contributed by atoms with Gasteiger partial charge < -0.3 is 23.7 Å². The third kappa shape index (κ3) is 5.03. The van der Waals surface area contributed by atoms with Crippen LogP contribution in [0.15, 0.2) is 75.0 Å². The van der Waals surface area contributed by atoms with Crippen molar-refractivity contribution in [1.29, 1.82) is 0 Å². The summed E-state index contributed by atoms with van der Waals surface area (Å²) in [5.74, 6) is -0.881. The van der Waals surface area contributed by atoms with E-state index in [1.54, 1.807) is 48.5 Å². The highest BCUT2D eigenvalue weighted by Crippen LogP contribution is 2.39. The van der Waals surface area contributed by atoms with Gasteiger partial charge in [0.1, 0.15) is 11.3 Å². The van der Waals surface area contributed by atoms with Gasteiger partial charge in [-0.15, -0.1) is 0 Å². The zero-order valence-corrected chi connectivity index (χ0v) is 21.9. The number of rotatable bonds is 9. The topological polar surface area (TPSA) is 169 Å². The van der Waals surface area contributed by atoms with Crippen molar-refractivity contribution in [3.8, 4) is 28.8 Å². The van der Waals surface area contributed by atoms with Gasteiger partial charge in [-0.05, 0) is 43.3 Å². The lowest BCUT2D eigenvalue weighted by Gasteiger charge is -2.14. The highest BCUT2D eigenvalue weighted by Gasteiger charge is 2.26. The Morgan fingerprint density at radius 1 is 1.10 bits per heavy atom. The van der Waals surface area contributed by atoms with Gasteiger partial charge in [-0.25, -0.2) is 9.78 Å². The average Bonchev–Trinajstić information content (AvgIpc) is 3.41. The average molecular weight is 559 g/mol. The van der Waals surface area contributed by atoms with E-state index in [1.165, 1.54) is 33.4 Å².